The van der Waals surface area contributed by atoms with Crippen LogP contribution in [0.1, 0.15) is 72.4 Å². The number of carbonyl (C=O) groups excluding carboxylic acids is 3. The van der Waals surface area contributed by atoms with E-state index in [0.717, 1.165) is 17.5 Å². The van der Waals surface area contributed by atoms with Crippen LogP contribution in [0.15, 0.2) is 60.7 Å². The Morgan fingerprint density at radius 2 is 1.59 bits per heavy atom. The quantitative estimate of drug-likeness (QED) is 0.377. The molecule has 7 atom stereocenters. The van der Waals surface area contributed by atoms with Crippen molar-refractivity contribution in [1.29, 1.82) is 0 Å². The van der Waals surface area contributed by atoms with Crippen molar-refractivity contribution in [2.75, 3.05) is 6.61 Å². The minimum absolute atomic E-state index is 0.0457. The lowest BCUT2D eigenvalue weighted by atomic mass is 9.62. The van der Waals surface area contributed by atoms with E-state index >= 15 is 0 Å². The van der Waals surface area contributed by atoms with Gasteiger partial charge in [0.25, 0.3) is 0 Å². The van der Waals surface area contributed by atoms with Crippen LogP contribution in [0.3, 0.4) is 0 Å². The summed E-state index contributed by atoms with van der Waals surface area (Å²) in [5.41, 5.74) is -0.809. The monoisotopic (exact) mass is 603 g/mol. The second-order valence-corrected chi connectivity index (χ2v) is 15.3. The fourth-order valence-corrected chi connectivity index (χ4v) is 8.57. The Hall–Kier alpha value is -3.23. The van der Waals surface area contributed by atoms with E-state index in [2.05, 4.69) is 31.4 Å². The summed E-state index contributed by atoms with van der Waals surface area (Å²) in [5.74, 6) is -2.54. The number of fused-ring (bicyclic) bond motifs is 1. The first-order valence-electron chi connectivity index (χ1n) is 15.9. The second kappa shape index (κ2) is 11.6. The molecule has 0 aromatic heterocycles. The van der Waals surface area contributed by atoms with Gasteiger partial charge in [-0.05, 0) is 62.5 Å². The normalized spacial score (nSPS) is 30.3. The van der Waals surface area contributed by atoms with Crippen molar-refractivity contribution < 1.29 is 24.2 Å². The van der Waals surface area contributed by atoms with Gasteiger partial charge in [-0.15, -0.1) is 0 Å². The van der Waals surface area contributed by atoms with E-state index in [0.29, 0.717) is 19.4 Å². The highest BCUT2D eigenvalue weighted by molar-refractivity contribution is 5.99. The summed E-state index contributed by atoms with van der Waals surface area (Å²) in [6.07, 6.45) is 1.56. The Labute approximate surface area is 261 Å². The van der Waals surface area contributed by atoms with E-state index in [1.54, 1.807) is 4.90 Å². The third kappa shape index (κ3) is 5.79. The summed E-state index contributed by atoms with van der Waals surface area (Å²) >= 11 is 0. The van der Waals surface area contributed by atoms with Crippen molar-refractivity contribution in [1.82, 2.24) is 15.5 Å². The zero-order valence-electron chi connectivity index (χ0n) is 27.2. The molecular formula is C36H49N3O5. The molecule has 0 aliphatic carbocycles. The molecule has 3 saturated heterocycles. The summed E-state index contributed by atoms with van der Waals surface area (Å²) < 4.78 is 6.90. The van der Waals surface area contributed by atoms with E-state index in [-0.39, 0.29) is 35.7 Å². The van der Waals surface area contributed by atoms with Crippen LogP contribution < -0.4 is 10.6 Å². The largest absolute Gasteiger partial charge is 0.394 e. The smallest absolute Gasteiger partial charge is 0.246 e. The fraction of sp³-hybridized carbons (Fsp3) is 0.583. The third-order valence-corrected chi connectivity index (χ3v) is 9.95. The number of hydrogen-bond donors (Lipinski definition) is 3. The first kappa shape index (κ1) is 32.2. The van der Waals surface area contributed by atoms with Gasteiger partial charge in [-0.3, -0.25) is 14.4 Å². The molecule has 238 valence electrons. The maximum Gasteiger partial charge on any atom is 0.246 e. The molecule has 0 radical (unpaired) electrons. The molecule has 3 heterocycles. The Balaban J connectivity index is 1.54. The lowest BCUT2D eigenvalue weighted by Crippen LogP contribution is -2.61. The number of carbonyl (C=O) groups is 3. The van der Waals surface area contributed by atoms with E-state index in [4.69, 9.17) is 4.74 Å². The molecule has 8 nitrogen and oxygen atoms in total. The van der Waals surface area contributed by atoms with Crippen LogP contribution >= 0.6 is 0 Å². The number of rotatable bonds is 10. The predicted octanol–water partition coefficient (Wildman–Crippen LogP) is 4.25. The molecule has 8 heteroatoms. The number of benzene rings is 2. The van der Waals surface area contributed by atoms with Crippen molar-refractivity contribution >= 4 is 17.7 Å². The average Bonchev–Trinajstić information content (AvgIpc) is 3.46. The number of hydrogen-bond acceptors (Lipinski definition) is 5. The number of aliphatic hydroxyl groups excluding tert-OH is 1. The maximum absolute atomic E-state index is 14.7. The first-order valence-corrected chi connectivity index (χ1v) is 15.9. The van der Waals surface area contributed by atoms with Crippen molar-refractivity contribution in [3.63, 3.8) is 0 Å². The molecule has 2 aromatic carbocycles. The van der Waals surface area contributed by atoms with Crippen molar-refractivity contribution in [3.8, 4) is 0 Å². The van der Waals surface area contributed by atoms with Gasteiger partial charge in [-0.2, -0.15) is 0 Å². The van der Waals surface area contributed by atoms with Crippen molar-refractivity contribution in [2.45, 2.75) is 103 Å². The fourth-order valence-electron chi connectivity index (χ4n) is 8.57. The van der Waals surface area contributed by atoms with Crippen LogP contribution in [0.25, 0.3) is 0 Å². The van der Waals surface area contributed by atoms with Gasteiger partial charge in [-0.25, -0.2) is 0 Å². The summed E-state index contributed by atoms with van der Waals surface area (Å²) in [5, 5.41) is 17.1. The molecule has 2 bridgehead atoms. The first-order chi connectivity index (χ1) is 20.6. The Bertz CT molecular complexity index is 1370. The van der Waals surface area contributed by atoms with Gasteiger partial charge < -0.3 is 25.4 Å². The standard InChI is InChI=1S/C36H49N3O5/c1-23-19-36-28(27(35(23,7)44-36)30(41)37-20-25-16-12-9-13-17-25)32(43)39(26(21-40)18-24-14-10-8-11-15-24)29(36)31(42)38-34(5,6)22-33(2,3)4/h8-17,23,26-29,40H,18-22H2,1-7H3,(H,37,41)(H,38,42)/t23?,26-,27+,28+,29?,35-,36?/m1/s1. The van der Waals surface area contributed by atoms with Crippen molar-refractivity contribution in [2.24, 2.45) is 23.2 Å². The van der Waals surface area contributed by atoms with Gasteiger partial charge >= 0.3 is 0 Å². The van der Waals surface area contributed by atoms with Crippen LogP contribution in [-0.2, 0) is 32.1 Å². The second-order valence-electron chi connectivity index (χ2n) is 15.3. The van der Waals surface area contributed by atoms with Crippen LogP contribution in [-0.4, -0.2) is 63.2 Å². The lowest BCUT2D eigenvalue weighted by molar-refractivity contribution is -0.151. The Morgan fingerprint density at radius 1 is 1.00 bits per heavy atom. The van der Waals surface area contributed by atoms with Gasteiger partial charge in [-0.1, -0.05) is 88.4 Å². The highest BCUT2D eigenvalue weighted by Gasteiger charge is 2.80. The van der Waals surface area contributed by atoms with Crippen LogP contribution in [0.4, 0.5) is 0 Å². The molecule has 3 unspecified atom stereocenters. The highest BCUT2D eigenvalue weighted by Crippen LogP contribution is 2.65. The molecule has 1 spiro atoms. The molecule has 0 saturated carbocycles. The number of amides is 3. The average molecular weight is 604 g/mol. The zero-order chi connectivity index (χ0) is 32.1. The van der Waals surface area contributed by atoms with Gasteiger partial charge in [0.15, 0.2) is 0 Å². The summed E-state index contributed by atoms with van der Waals surface area (Å²) in [4.78, 5) is 44.8. The Kier molecular flexibility index (Phi) is 8.49. The maximum atomic E-state index is 14.7. The molecular weight excluding hydrogens is 554 g/mol. The van der Waals surface area contributed by atoms with Crippen molar-refractivity contribution in [3.05, 3.63) is 71.8 Å². The number of ether oxygens (including phenoxy) is 1. The number of aliphatic hydroxyl groups is 1. The molecule has 44 heavy (non-hydrogen) atoms. The highest BCUT2D eigenvalue weighted by atomic mass is 16.5. The molecule has 2 aromatic rings. The van der Waals surface area contributed by atoms with E-state index in [1.807, 2.05) is 88.4 Å². The molecule has 3 N–H and O–H groups in total. The summed E-state index contributed by atoms with van der Waals surface area (Å²) in [6.45, 7) is 14.4. The molecule has 3 aliphatic rings. The van der Waals surface area contributed by atoms with Gasteiger partial charge in [0.05, 0.1) is 30.1 Å². The Morgan fingerprint density at radius 3 is 2.16 bits per heavy atom. The topological polar surface area (TPSA) is 108 Å². The number of likely N-dealkylation sites (tertiary alicyclic amines) is 1. The number of nitrogens with one attached hydrogen (secondary N) is 2. The SMILES string of the molecule is CC1CC23O[C@@]1(C)[C@H](C(=O)NCc1ccccc1)[C@H]2C(=O)N([C@@H](CO)Cc1ccccc1)C3C(=O)NC(C)(C)CC(C)(C)C. The van der Waals surface area contributed by atoms with Crippen LogP contribution in [0.5, 0.6) is 0 Å². The minimum Gasteiger partial charge on any atom is -0.394 e. The minimum atomic E-state index is -1.19. The van der Waals surface area contributed by atoms with E-state index in [9.17, 15) is 19.5 Å². The molecule has 3 amide bonds. The molecule has 3 fully saturated rings. The third-order valence-electron chi connectivity index (χ3n) is 9.95. The van der Waals surface area contributed by atoms with Crippen LogP contribution in [0, 0.1) is 23.2 Å². The summed E-state index contributed by atoms with van der Waals surface area (Å²) in [7, 11) is 0. The van der Waals surface area contributed by atoms with Gasteiger partial charge in [0.1, 0.15) is 11.6 Å². The van der Waals surface area contributed by atoms with E-state index in [1.165, 1.54) is 0 Å². The van der Waals surface area contributed by atoms with Gasteiger partial charge in [0, 0.05) is 12.1 Å². The number of nitrogens with zero attached hydrogens (tertiary/aromatic N) is 1. The summed E-state index contributed by atoms with van der Waals surface area (Å²) in [6, 6.07) is 17.7. The lowest BCUT2D eigenvalue weighted by Gasteiger charge is -2.40. The zero-order valence-corrected chi connectivity index (χ0v) is 27.2. The molecule has 5 rings (SSSR count). The van der Waals surface area contributed by atoms with Crippen LogP contribution in [0.2, 0.25) is 0 Å². The molecule has 3 aliphatic heterocycles. The van der Waals surface area contributed by atoms with E-state index < -0.39 is 40.7 Å². The predicted molar refractivity (Wildman–Crippen MR) is 169 cm³/mol. The van der Waals surface area contributed by atoms with Gasteiger partial charge in [0.2, 0.25) is 17.7 Å².